The Morgan fingerprint density at radius 1 is 1.35 bits per heavy atom. The van der Waals surface area contributed by atoms with Gasteiger partial charge in [-0.25, -0.2) is 8.42 Å². The molecule has 0 aliphatic rings. The van der Waals surface area contributed by atoms with Crippen LogP contribution >= 0.6 is 11.6 Å². The lowest BCUT2D eigenvalue weighted by Gasteiger charge is -2.21. The smallest absolute Gasteiger partial charge is 0.244 e. The lowest BCUT2D eigenvalue weighted by molar-refractivity contribution is 0.0661. The number of likely N-dealkylation sites (N-methyl/N-ethyl adjacent to an activating group) is 1. The summed E-state index contributed by atoms with van der Waals surface area (Å²) in [6.45, 7) is 3.62. The Morgan fingerprint density at radius 2 is 2.10 bits per heavy atom. The van der Waals surface area contributed by atoms with Crippen LogP contribution in [-0.2, 0) is 19.5 Å². The molecular formula is C13H19ClNO4S. The first kappa shape index (κ1) is 17.4. The third-order valence-electron chi connectivity index (χ3n) is 2.66. The molecule has 0 atom stereocenters. The summed E-state index contributed by atoms with van der Waals surface area (Å²) < 4.78 is 36.4. The maximum absolute atomic E-state index is 12.4. The minimum atomic E-state index is -3.62. The van der Waals surface area contributed by atoms with Crippen LogP contribution in [0.15, 0.2) is 23.1 Å². The van der Waals surface area contributed by atoms with Gasteiger partial charge in [-0.1, -0.05) is 24.6 Å². The molecule has 0 saturated heterocycles. The van der Waals surface area contributed by atoms with Crippen LogP contribution in [0.25, 0.3) is 0 Å². The zero-order chi connectivity index (χ0) is 15.0. The quantitative estimate of drug-likeness (QED) is 0.651. The van der Waals surface area contributed by atoms with Gasteiger partial charge in [0.2, 0.25) is 10.0 Å². The fourth-order valence-electron chi connectivity index (χ4n) is 1.59. The molecule has 0 N–H and O–H groups in total. The van der Waals surface area contributed by atoms with Gasteiger partial charge in [0.25, 0.3) is 0 Å². The normalized spacial score (nSPS) is 12.0. The van der Waals surface area contributed by atoms with E-state index in [4.69, 9.17) is 21.1 Å². The van der Waals surface area contributed by atoms with E-state index in [2.05, 4.69) is 6.07 Å². The molecule has 1 aromatic rings. The lowest BCUT2D eigenvalue weighted by Crippen LogP contribution is -2.34. The van der Waals surface area contributed by atoms with Crippen LogP contribution < -0.4 is 0 Å². The van der Waals surface area contributed by atoms with E-state index in [1.807, 2.05) is 0 Å². The highest BCUT2D eigenvalue weighted by atomic mass is 35.5. The zero-order valence-corrected chi connectivity index (χ0v) is 13.2. The van der Waals surface area contributed by atoms with E-state index in [1.54, 1.807) is 20.1 Å². The molecule has 0 bridgehead atoms. The second kappa shape index (κ2) is 8.59. The highest BCUT2D eigenvalue weighted by Crippen LogP contribution is 2.23. The van der Waals surface area contributed by atoms with E-state index in [1.165, 1.54) is 16.4 Å². The molecule has 7 heteroatoms. The number of sulfonamides is 1. The van der Waals surface area contributed by atoms with Gasteiger partial charge in [-0.05, 0) is 18.2 Å². The van der Waals surface area contributed by atoms with Crippen molar-refractivity contribution in [3.05, 3.63) is 29.3 Å². The number of rotatable bonds is 9. The Hall–Kier alpha value is -0.660. The molecule has 20 heavy (non-hydrogen) atoms. The molecule has 0 aromatic heterocycles. The van der Waals surface area contributed by atoms with E-state index in [0.717, 1.165) is 0 Å². The number of hydrogen-bond donors (Lipinski definition) is 0. The second-order valence-corrected chi connectivity index (χ2v) is 6.27. The van der Waals surface area contributed by atoms with Crippen molar-refractivity contribution >= 4 is 21.6 Å². The summed E-state index contributed by atoms with van der Waals surface area (Å²) in [7, 11) is -2.03. The number of hydrogen-bond acceptors (Lipinski definition) is 4. The Bertz CT molecular complexity index is 507. The first-order chi connectivity index (χ1) is 9.54. The van der Waals surface area contributed by atoms with Gasteiger partial charge in [0.1, 0.15) is 4.90 Å². The van der Waals surface area contributed by atoms with Crippen LogP contribution in [0.3, 0.4) is 0 Å². The molecule has 0 spiro atoms. The molecule has 0 aliphatic heterocycles. The van der Waals surface area contributed by atoms with Gasteiger partial charge in [0.15, 0.2) is 0 Å². The maximum Gasteiger partial charge on any atom is 0.244 e. The molecule has 0 heterocycles. The van der Waals surface area contributed by atoms with Gasteiger partial charge in [-0.3, -0.25) is 0 Å². The molecule has 0 unspecified atom stereocenters. The van der Waals surface area contributed by atoms with Crippen molar-refractivity contribution in [2.75, 3.05) is 40.0 Å². The van der Waals surface area contributed by atoms with E-state index in [0.29, 0.717) is 26.4 Å². The average molecular weight is 321 g/mol. The topological polar surface area (TPSA) is 55.8 Å². The molecular weight excluding hydrogens is 302 g/mol. The first-order valence-electron chi connectivity index (χ1n) is 6.26. The highest BCUT2D eigenvalue weighted by Gasteiger charge is 2.24. The summed E-state index contributed by atoms with van der Waals surface area (Å²) in [5.74, 6) is 0. The van der Waals surface area contributed by atoms with Gasteiger partial charge in [0, 0.05) is 20.2 Å². The molecule has 0 saturated carbocycles. The van der Waals surface area contributed by atoms with Gasteiger partial charge < -0.3 is 9.47 Å². The summed E-state index contributed by atoms with van der Waals surface area (Å²) in [5, 5.41) is 0.197. The number of benzene rings is 1. The van der Waals surface area contributed by atoms with Gasteiger partial charge >= 0.3 is 0 Å². The number of ether oxygens (including phenoxy) is 2. The summed E-state index contributed by atoms with van der Waals surface area (Å²) in [5.41, 5.74) is 0. The van der Waals surface area contributed by atoms with Crippen LogP contribution in [0.1, 0.15) is 6.92 Å². The van der Waals surface area contributed by atoms with Crippen molar-refractivity contribution in [3.63, 3.8) is 0 Å². The summed E-state index contributed by atoms with van der Waals surface area (Å²) in [4.78, 5) is 0.0698. The van der Waals surface area contributed by atoms with Gasteiger partial charge in [-0.2, -0.15) is 4.31 Å². The predicted octanol–water partition coefficient (Wildman–Crippen LogP) is 1.81. The minimum Gasteiger partial charge on any atom is -0.382 e. The first-order valence-corrected chi connectivity index (χ1v) is 8.08. The zero-order valence-electron chi connectivity index (χ0n) is 11.6. The van der Waals surface area contributed by atoms with Crippen molar-refractivity contribution in [1.82, 2.24) is 4.31 Å². The minimum absolute atomic E-state index is 0.0698. The third-order valence-corrected chi connectivity index (χ3v) is 5.12. The molecule has 0 fully saturated rings. The molecule has 1 radical (unpaired) electrons. The second-order valence-electron chi connectivity index (χ2n) is 3.96. The van der Waals surface area contributed by atoms with Crippen LogP contribution in [0, 0.1) is 6.07 Å². The Kier molecular flexibility index (Phi) is 7.47. The van der Waals surface area contributed by atoms with Gasteiger partial charge in [-0.15, -0.1) is 0 Å². The Labute approximate surface area is 125 Å². The van der Waals surface area contributed by atoms with E-state index < -0.39 is 10.0 Å². The molecule has 113 valence electrons. The highest BCUT2D eigenvalue weighted by molar-refractivity contribution is 7.89. The SMILES string of the molecule is CCN(CCOCCOC)S(=O)(=O)c1c[c]ccc1Cl. The summed E-state index contributed by atoms with van der Waals surface area (Å²) in [6.07, 6.45) is 0. The molecule has 5 nitrogen and oxygen atoms in total. The largest absolute Gasteiger partial charge is 0.382 e. The average Bonchev–Trinajstić information content (AvgIpc) is 2.43. The number of nitrogens with zero attached hydrogens (tertiary/aromatic N) is 1. The van der Waals surface area contributed by atoms with Crippen LogP contribution in [0.5, 0.6) is 0 Å². The van der Waals surface area contributed by atoms with Crippen molar-refractivity contribution in [1.29, 1.82) is 0 Å². The molecule has 0 amide bonds. The van der Waals surface area contributed by atoms with E-state index in [9.17, 15) is 8.42 Å². The van der Waals surface area contributed by atoms with Crippen LogP contribution in [0.4, 0.5) is 0 Å². The maximum atomic E-state index is 12.4. The lowest BCUT2D eigenvalue weighted by atomic mass is 10.4. The number of methoxy groups -OCH3 is 1. The molecule has 1 rings (SSSR count). The van der Waals surface area contributed by atoms with Crippen LogP contribution in [0.2, 0.25) is 5.02 Å². The van der Waals surface area contributed by atoms with Crippen molar-refractivity contribution in [2.45, 2.75) is 11.8 Å². The number of halogens is 1. The summed E-state index contributed by atoms with van der Waals surface area (Å²) >= 11 is 5.94. The predicted molar refractivity (Wildman–Crippen MR) is 77.4 cm³/mol. The fourth-order valence-corrected chi connectivity index (χ4v) is 3.47. The monoisotopic (exact) mass is 320 g/mol. The van der Waals surface area contributed by atoms with E-state index in [-0.39, 0.29) is 16.5 Å². The van der Waals surface area contributed by atoms with Crippen molar-refractivity contribution < 1.29 is 17.9 Å². The molecule has 0 aliphatic carbocycles. The van der Waals surface area contributed by atoms with Crippen molar-refractivity contribution in [3.8, 4) is 0 Å². The Morgan fingerprint density at radius 3 is 2.70 bits per heavy atom. The van der Waals surface area contributed by atoms with E-state index >= 15 is 0 Å². The fraction of sp³-hybridized carbons (Fsp3) is 0.538. The third kappa shape index (κ3) is 4.71. The Balaban J connectivity index is 2.71. The van der Waals surface area contributed by atoms with Gasteiger partial charge in [0.05, 0.1) is 24.8 Å². The van der Waals surface area contributed by atoms with Crippen molar-refractivity contribution in [2.24, 2.45) is 0 Å². The van der Waals surface area contributed by atoms with Crippen LogP contribution in [-0.4, -0.2) is 52.7 Å². The standard InChI is InChI=1S/C13H19ClNO4S/c1-3-15(8-9-19-11-10-18-2)20(16,17)13-7-5-4-6-12(13)14/h4,6-7H,3,8-11H2,1-2H3. The summed E-state index contributed by atoms with van der Waals surface area (Å²) in [6, 6.07) is 7.20. The molecule has 1 aromatic carbocycles.